The molecule has 0 spiro atoms. The van der Waals surface area contributed by atoms with Gasteiger partial charge in [-0.2, -0.15) is 0 Å². The molecule has 13 N–H and O–H groups in total. The van der Waals surface area contributed by atoms with Gasteiger partial charge in [-0.3, -0.25) is 58.3 Å². The Labute approximate surface area is 799 Å². The number of thiophene rings is 3. The second kappa shape index (κ2) is 38.4. The van der Waals surface area contributed by atoms with Crippen LogP contribution < -0.4 is 34.0 Å². The van der Waals surface area contributed by atoms with Crippen LogP contribution in [0.25, 0.3) is 32.3 Å². The number of guanidine groups is 5. The standard InChI is InChI=1S/2C20H22BrN3O2S.C20H21ClN4O2.C20H21F2N3O.C19H18N4OS/c2*1-20(16-9-14(21)15(10-25)27-16)17(18(26)24(2)19(22)23-20)13-7-5-12(6-8-13)11-3-4-11;1-12(26)23-11-14-7-8-16(21)10-17(14)13-5-4-6-15(9-13)20(2)18(27)25(3)19(22)24-20;1-19(14-7-5-4-6-8-14)16(17(26)25(3)18(23)24-19)13-9-11-15(12-10-13)20(2,21)22;1-19(11-16(24)23(2)18(20)22-19)15-10-13-4-3-5-14(17(13)25-15)12-6-8-21-9-7-12/h2*5-9,11,17,25H,3-4,10H2,1-2H3,(H2,22,23);4-10H,11H2,1-3H3,(H2,22,24)(H,23,26);4-12,16H,1-3H3,(H2,23,24);3-10H,11H2,1-2H3,(H2,20,22)/t17-,20+;17-,20-;;16-,19-;19-/m01.10/s1. The van der Waals surface area contributed by atoms with Gasteiger partial charge < -0.3 is 44.2 Å². The molecule has 7 aromatic carbocycles. The number of pyridine rings is 1. The van der Waals surface area contributed by atoms with Crippen molar-refractivity contribution in [3.05, 3.63) is 295 Å². The second-order valence-electron chi connectivity index (χ2n) is 34.8. The number of rotatable bonds is 17. The predicted molar refractivity (Wildman–Crippen MR) is 526 cm³/mol. The summed E-state index contributed by atoms with van der Waals surface area (Å²) in [4.78, 5) is 114. The topological polar surface area (TPSA) is 376 Å². The van der Waals surface area contributed by atoms with Crippen LogP contribution in [0, 0.1) is 0 Å². The Morgan fingerprint density at radius 3 is 1.41 bits per heavy atom. The third-order valence-corrected chi connectivity index (χ3v) is 31.7. The van der Waals surface area contributed by atoms with Gasteiger partial charge in [-0.25, -0.2) is 33.7 Å². The van der Waals surface area contributed by atoms with E-state index in [0.717, 1.165) is 95.7 Å². The summed E-state index contributed by atoms with van der Waals surface area (Å²) >= 11 is 17.8. The maximum Gasteiger partial charge on any atom is 0.270 e. The molecule has 8 atom stereocenters. The Kier molecular flexibility index (Phi) is 28.1. The van der Waals surface area contributed by atoms with Gasteiger partial charge in [0.25, 0.3) is 11.8 Å². The number of nitrogens with zero attached hydrogens (tertiary/aromatic N) is 11. The molecule has 0 saturated heterocycles. The molecular weight excluding hydrogens is 1880 g/mol. The molecule has 0 bridgehead atoms. The molecule has 0 radical (unpaired) electrons. The number of aliphatic hydroxyl groups excluding tert-OH is 2. The number of hydrogen-bond donors (Lipinski definition) is 8. The van der Waals surface area contributed by atoms with Crippen LogP contribution in [-0.2, 0) is 82.1 Å². The number of benzene rings is 7. The highest BCUT2D eigenvalue weighted by Gasteiger charge is 2.52. The summed E-state index contributed by atoms with van der Waals surface area (Å²) in [5.41, 5.74) is 37.3. The SMILES string of the molecule is CC(=O)NCc1ccc(Cl)cc1-c1cccc(C2(C)N=C(N)N(C)C2=O)c1.CN1C(=O)C[C@@](C)(c2cc3cccc(-c4ccncc4)c3s2)N=C1N.CN1C(=O)[C@@H](c2ccc(C(C)(F)F)cc2)[C@@](C)(c2ccccc2)N=C1N.CN1C(=O)[C@@H](c2ccc(C3CC3)cc2)[C@@](C)(c2cc(Br)c(CO)s2)N=C1N.CN1C(=O)[C@H](c2ccc(C3CC3)cc2)[C@@](C)(c2cc(Br)c(CO)s2)N=C1N. The Morgan fingerprint density at radius 2 is 0.955 bits per heavy atom. The molecule has 25 nitrogen and oxygen atoms in total. The van der Waals surface area contributed by atoms with E-state index in [1.54, 1.807) is 84.1 Å². The molecule has 5 aliphatic heterocycles. The minimum Gasteiger partial charge on any atom is -0.391 e. The van der Waals surface area contributed by atoms with Crippen LogP contribution in [-0.4, -0.2) is 140 Å². The maximum atomic E-state index is 13.5. The first-order chi connectivity index (χ1) is 62.5. The molecule has 686 valence electrons. The fourth-order valence-electron chi connectivity index (χ4n) is 17.1. The number of nitrogens with one attached hydrogen (secondary N) is 1. The largest absolute Gasteiger partial charge is 0.391 e. The van der Waals surface area contributed by atoms with E-state index in [-0.39, 0.29) is 84.0 Å². The van der Waals surface area contributed by atoms with Gasteiger partial charge in [0.15, 0.2) is 35.3 Å². The van der Waals surface area contributed by atoms with Gasteiger partial charge in [-0.1, -0.05) is 157 Å². The number of likely N-dealkylation sites (N-methyl/N-ethyl adjacent to an activating group) is 4. The van der Waals surface area contributed by atoms with Crippen LogP contribution in [0.2, 0.25) is 5.02 Å². The van der Waals surface area contributed by atoms with Gasteiger partial charge in [0.2, 0.25) is 29.5 Å². The summed E-state index contributed by atoms with van der Waals surface area (Å²) in [5.74, 6) is -2.84. The predicted octanol–water partition coefficient (Wildman–Crippen LogP) is 16.9. The molecule has 11 aromatic rings. The number of alkyl halides is 2. The molecule has 4 aromatic heterocycles. The van der Waals surface area contributed by atoms with Crippen molar-refractivity contribution in [2.45, 2.75) is 164 Å². The molecule has 9 heterocycles. The first kappa shape index (κ1) is 96.3. The molecule has 33 heteroatoms. The molecule has 6 amide bonds. The fraction of sp³-hybridized carbons (Fsp3) is 0.313. The van der Waals surface area contributed by atoms with Crippen molar-refractivity contribution in [2.75, 3.05) is 35.2 Å². The summed E-state index contributed by atoms with van der Waals surface area (Å²) < 4.78 is 29.9. The number of aliphatic imine (C=N–C) groups is 5. The van der Waals surface area contributed by atoms with Gasteiger partial charge in [0.05, 0.1) is 37.4 Å². The van der Waals surface area contributed by atoms with Crippen molar-refractivity contribution in [3.8, 4) is 22.3 Å². The van der Waals surface area contributed by atoms with Gasteiger partial charge in [0.1, 0.15) is 22.2 Å². The number of carbonyl (C=O) groups excluding carboxylic acids is 6. The summed E-state index contributed by atoms with van der Waals surface area (Å²) in [6.45, 7) is 12.0. The molecule has 18 rings (SSSR count). The van der Waals surface area contributed by atoms with Gasteiger partial charge in [-0.15, -0.1) is 34.0 Å². The van der Waals surface area contributed by atoms with Crippen molar-refractivity contribution >= 4 is 153 Å². The highest BCUT2D eigenvalue weighted by molar-refractivity contribution is 9.11. The average molecular weight is 1990 g/mol. The number of halogens is 5. The first-order valence-corrected chi connectivity index (χ1v) is 47.2. The molecule has 2 saturated carbocycles. The lowest BCUT2D eigenvalue weighted by Crippen LogP contribution is -2.52. The van der Waals surface area contributed by atoms with Crippen molar-refractivity contribution in [3.63, 3.8) is 0 Å². The minimum atomic E-state index is -2.93. The maximum absolute atomic E-state index is 13.5. The van der Waals surface area contributed by atoms with Gasteiger partial charge >= 0.3 is 0 Å². The Balaban J connectivity index is 0.000000133. The number of fused-ring (bicyclic) bond motifs is 1. The highest BCUT2D eigenvalue weighted by atomic mass is 79.9. The van der Waals surface area contributed by atoms with E-state index in [4.69, 9.17) is 50.3 Å². The minimum absolute atomic E-state index is 0.0122. The summed E-state index contributed by atoms with van der Waals surface area (Å²) in [7, 11) is 8.16. The Hall–Kier alpha value is -11.8. The quantitative estimate of drug-likeness (QED) is 0.0420. The van der Waals surface area contributed by atoms with E-state index in [0.29, 0.717) is 35.4 Å². The number of carbonyl (C=O) groups is 6. The average Bonchev–Trinajstić information content (AvgIpc) is 1.06. The van der Waals surface area contributed by atoms with E-state index in [1.165, 1.54) is 108 Å². The van der Waals surface area contributed by atoms with Crippen LogP contribution in [0.4, 0.5) is 8.78 Å². The van der Waals surface area contributed by atoms with Crippen LogP contribution in [0.5, 0.6) is 0 Å². The number of aromatic nitrogens is 1. The summed E-state index contributed by atoms with van der Waals surface area (Å²) in [6.07, 6.45) is 8.90. The number of amides is 6. The van der Waals surface area contributed by atoms with Crippen molar-refractivity contribution < 1.29 is 47.8 Å². The van der Waals surface area contributed by atoms with E-state index >= 15 is 0 Å². The lowest BCUT2D eigenvalue weighted by atomic mass is 9.74. The zero-order valence-electron chi connectivity index (χ0n) is 74.9. The van der Waals surface area contributed by atoms with Crippen molar-refractivity contribution in [1.29, 1.82) is 0 Å². The van der Waals surface area contributed by atoms with Crippen LogP contribution in [0.3, 0.4) is 0 Å². The third kappa shape index (κ3) is 19.6. The van der Waals surface area contributed by atoms with Gasteiger partial charge in [0, 0.05) is 117 Å². The van der Waals surface area contributed by atoms with Crippen molar-refractivity contribution in [2.24, 2.45) is 53.6 Å². The zero-order chi connectivity index (χ0) is 95.2. The number of nitrogens with two attached hydrogens (primary N) is 5. The third-order valence-electron chi connectivity index (χ3n) is 25.4. The normalized spacial score (nSPS) is 23.0. The Morgan fingerprint density at radius 1 is 0.500 bits per heavy atom. The van der Waals surface area contributed by atoms with E-state index in [1.807, 2.05) is 125 Å². The monoisotopic (exact) mass is 1990 g/mol. The number of aliphatic hydroxyl groups is 2. The van der Waals surface area contributed by atoms with Crippen LogP contribution in [0.1, 0.15) is 185 Å². The smallest absolute Gasteiger partial charge is 0.270 e. The van der Waals surface area contributed by atoms with Crippen LogP contribution >= 0.6 is 77.5 Å². The molecule has 7 aliphatic rings. The van der Waals surface area contributed by atoms with E-state index in [2.05, 4.69) is 124 Å². The molecular formula is C99H104Br2ClF2N17O8S3. The lowest BCUT2D eigenvalue weighted by Gasteiger charge is -2.41. The molecule has 2 aliphatic carbocycles. The molecule has 132 heavy (non-hydrogen) atoms. The van der Waals surface area contributed by atoms with E-state index < -0.39 is 51.4 Å². The fourth-order valence-corrected chi connectivity index (χ4v) is 22.1. The first-order valence-electron chi connectivity index (χ1n) is 42.8. The summed E-state index contributed by atoms with van der Waals surface area (Å²) in [6, 6.07) is 61.3. The zero-order valence-corrected chi connectivity index (χ0v) is 81.3. The molecule has 2 fully saturated rings. The highest BCUT2D eigenvalue weighted by Crippen LogP contribution is 2.53. The van der Waals surface area contributed by atoms with Crippen molar-refractivity contribution in [1.82, 2.24) is 34.8 Å². The summed E-state index contributed by atoms with van der Waals surface area (Å²) in [5, 5.41) is 23.7. The molecule has 1 unspecified atom stereocenters. The second-order valence-corrected chi connectivity index (χ2v) is 40.3. The van der Waals surface area contributed by atoms with Gasteiger partial charge in [-0.05, 0) is 225 Å². The van der Waals surface area contributed by atoms with Crippen LogP contribution in [0.15, 0.2) is 240 Å². The van der Waals surface area contributed by atoms with E-state index in [9.17, 15) is 47.8 Å². The lowest BCUT2D eigenvalue weighted by molar-refractivity contribution is -0.131. The Bertz CT molecular complexity index is 6280. The number of hydrogen-bond acceptors (Lipinski definition) is 22.